The average molecular weight is 1170 g/mol. The Kier molecular flexibility index (Phi) is 70.5. The number of carbonyl (C=O) groups is 3. The summed E-state index contributed by atoms with van der Waals surface area (Å²) in [4.78, 5) is 38.3. The van der Waals surface area contributed by atoms with Gasteiger partial charge in [0.1, 0.15) is 13.2 Å². The number of esters is 3. The van der Waals surface area contributed by atoms with Gasteiger partial charge < -0.3 is 14.2 Å². The van der Waals surface area contributed by atoms with Gasteiger partial charge in [-0.2, -0.15) is 0 Å². The van der Waals surface area contributed by atoms with Crippen LogP contribution in [0.2, 0.25) is 0 Å². The fourth-order valence-corrected chi connectivity index (χ4v) is 11.8. The van der Waals surface area contributed by atoms with Gasteiger partial charge in [0.05, 0.1) is 0 Å². The maximum absolute atomic E-state index is 12.9. The molecule has 0 rings (SSSR count). The van der Waals surface area contributed by atoms with Crippen LogP contribution in [0.25, 0.3) is 0 Å². The zero-order valence-electron chi connectivity index (χ0n) is 56.5. The molecule has 0 bridgehead atoms. The Morgan fingerprint density at radius 3 is 0.663 bits per heavy atom. The summed E-state index contributed by atoms with van der Waals surface area (Å²) in [6, 6.07) is 0. The van der Waals surface area contributed by atoms with Crippen LogP contribution in [-0.4, -0.2) is 37.2 Å². The third kappa shape index (κ3) is 70.5. The van der Waals surface area contributed by atoms with E-state index in [9.17, 15) is 14.4 Å². The fraction of sp³-hybridized carbons (Fsp3) is 0.909. The normalized spacial score (nSPS) is 12.1. The van der Waals surface area contributed by atoms with E-state index in [0.717, 1.165) is 64.2 Å². The monoisotopic (exact) mass is 1170 g/mol. The van der Waals surface area contributed by atoms with Crippen molar-refractivity contribution in [1.29, 1.82) is 0 Å². The average Bonchev–Trinajstić information content (AvgIpc) is 3.49. The summed E-state index contributed by atoms with van der Waals surface area (Å²) in [7, 11) is 0. The van der Waals surface area contributed by atoms with Crippen molar-refractivity contribution in [2.24, 2.45) is 0 Å². The summed E-state index contributed by atoms with van der Waals surface area (Å²) in [5.41, 5.74) is 0. The quantitative estimate of drug-likeness (QED) is 0.0261. The van der Waals surface area contributed by atoms with E-state index in [1.54, 1.807) is 0 Å². The first kappa shape index (κ1) is 80.9. The lowest BCUT2D eigenvalue weighted by molar-refractivity contribution is -0.167. The molecule has 6 nitrogen and oxygen atoms in total. The SMILES string of the molecule is CCCCCCC/C=C\C/C=C\CCCCCCCCCCCCCCCCCCCCCC(=O)OCC(COC(=O)CCCCCCCCCCC)OC(=O)CCCCCCCCCCCCCCCCCCCCCCCCCCC. The standard InChI is InChI=1S/C77H146O6/c1-4-7-10-13-16-19-21-23-25-27-29-31-33-35-36-37-38-39-40-42-43-45-47-49-51-53-55-58-61-64-67-70-76(79)82-73-74(72-81-75(78)69-66-63-60-57-18-15-12-9-6-3)83-77(80)71-68-65-62-59-56-54-52-50-48-46-44-41-34-32-30-28-26-24-22-20-17-14-11-8-5-2/h21,23,27,29,74H,4-20,22,24-26,28,30-73H2,1-3H3/b23-21-,29-27-. The summed E-state index contributed by atoms with van der Waals surface area (Å²) in [5, 5.41) is 0. The minimum atomic E-state index is -0.765. The van der Waals surface area contributed by atoms with Gasteiger partial charge in [0.15, 0.2) is 6.10 Å². The Labute approximate surface area is 519 Å². The largest absolute Gasteiger partial charge is 0.462 e. The molecule has 0 N–H and O–H groups in total. The molecule has 0 aliphatic rings. The van der Waals surface area contributed by atoms with E-state index in [2.05, 4.69) is 45.1 Å². The predicted molar refractivity (Wildman–Crippen MR) is 363 cm³/mol. The van der Waals surface area contributed by atoms with Crippen LogP contribution in [-0.2, 0) is 28.6 Å². The molecule has 0 amide bonds. The van der Waals surface area contributed by atoms with Gasteiger partial charge in [0.25, 0.3) is 0 Å². The zero-order chi connectivity index (χ0) is 59.9. The van der Waals surface area contributed by atoms with Crippen LogP contribution in [0.1, 0.15) is 432 Å². The highest BCUT2D eigenvalue weighted by Crippen LogP contribution is 2.19. The topological polar surface area (TPSA) is 78.9 Å². The lowest BCUT2D eigenvalue weighted by Crippen LogP contribution is -2.30. The summed E-state index contributed by atoms with van der Waals surface area (Å²) >= 11 is 0. The van der Waals surface area contributed by atoms with Crippen molar-refractivity contribution in [3.63, 3.8) is 0 Å². The molecule has 0 aromatic heterocycles. The molecule has 0 saturated carbocycles. The van der Waals surface area contributed by atoms with Crippen LogP contribution in [0.15, 0.2) is 24.3 Å². The van der Waals surface area contributed by atoms with Crippen molar-refractivity contribution >= 4 is 17.9 Å². The first-order valence-corrected chi connectivity index (χ1v) is 37.8. The minimum Gasteiger partial charge on any atom is -0.462 e. The molecule has 0 aliphatic carbocycles. The van der Waals surface area contributed by atoms with E-state index in [1.165, 1.54) is 327 Å². The number of allylic oxidation sites excluding steroid dienone is 4. The summed E-state index contributed by atoms with van der Waals surface area (Å²) in [6.45, 7) is 6.70. The molecule has 0 radical (unpaired) electrons. The van der Waals surface area contributed by atoms with Crippen molar-refractivity contribution < 1.29 is 28.6 Å². The van der Waals surface area contributed by atoms with E-state index >= 15 is 0 Å². The first-order valence-electron chi connectivity index (χ1n) is 37.8. The molecular formula is C77H146O6. The number of hydrogen-bond donors (Lipinski definition) is 0. The van der Waals surface area contributed by atoms with E-state index in [0.29, 0.717) is 19.3 Å². The molecule has 0 fully saturated rings. The smallest absolute Gasteiger partial charge is 0.306 e. The van der Waals surface area contributed by atoms with Crippen molar-refractivity contribution in [3.05, 3.63) is 24.3 Å². The zero-order valence-corrected chi connectivity index (χ0v) is 56.5. The molecule has 0 spiro atoms. The Bertz CT molecular complexity index is 1340. The minimum absolute atomic E-state index is 0.0633. The second kappa shape index (κ2) is 72.4. The number of hydrogen-bond acceptors (Lipinski definition) is 6. The van der Waals surface area contributed by atoms with E-state index in [4.69, 9.17) is 14.2 Å². The Morgan fingerprint density at radius 1 is 0.241 bits per heavy atom. The molecule has 6 heteroatoms. The third-order valence-corrected chi connectivity index (χ3v) is 17.5. The highest BCUT2D eigenvalue weighted by atomic mass is 16.6. The molecule has 1 atom stereocenters. The molecule has 1 unspecified atom stereocenters. The molecule has 83 heavy (non-hydrogen) atoms. The summed E-state index contributed by atoms with van der Waals surface area (Å²) in [6.07, 6.45) is 89.6. The van der Waals surface area contributed by atoms with Crippen molar-refractivity contribution in [2.45, 2.75) is 438 Å². The summed E-state index contributed by atoms with van der Waals surface area (Å²) in [5.74, 6) is -0.831. The van der Waals surface area contributed by atoms with Crippen LogP contribution in [0.3, 0.4) is 0 Å². The molecule has 0 heterocycles. The second-order valence-corrected chi connectivity index (χ2v) is 25.9. The first-order chi connectivity index (χ1) is 41.0. The van der Waals surface area contributed by atoms with E-state index < -0.39 is 6.10 Å². The number of rotatable bonds is 71. The molecular weight excluding hydrogens is 1020 g/mol. The van der Waals surface area contributed by atoms with Gasteiger partial charge in [-0.3, -0.25) is 14.4 Å². The van der Waals surface area contributed by atoms with Crippen molar-refractivity contribution in [1.82, 2.24) is 0 Å². The van der Waals surface area contributed by atoms with Crippen molar-refractivity contribution in [2.75, 3.05) is 13.2 Å². The molecule has 0 saturated heterocycles. The maximum atomic E-state index is 12.9. The van der Waals surface area contributed by atoms with Crippen LogP contribution in [0.4, 0.5) is 0 Å². The molecule has 0 aliphatic heterocycles. The van der Waals surface area contributed by atoms with E-state index in [1.807, 2.05) is 0 Å². The van der Waals surface area contributed by atoms with Crippen LogP contribution >= 0.6 is 0 Å². The number of carbonyl (C=O) groups excluding carboxylic acids is 3. The van der Waals surface area contributed by atoms with Gasteiger partial charge >= 0.3 is 17.9 Å². The van der Waals surface area contributed by atoms with Gasteiger partial charge in [-0.1, -0.05) is 385 Å². The van der Waals surface area contributed by atoms with Crippen LogP contribution in [0.5, 0.6) is 0 Å². The third-order valence-electron chi connectivity index (χ3n) is 17.5. The lowest BCUT2D eigenvalue weighted by atomic mass is 10.0. The number of unbranched alkanes of at least 4 members (excludes halogenated alkanes) is 56. The van der Waals surface area contributed by atoms with Crippen LogP contribution in [0, 0.1) is 0 Å². The number of ether oxygens (including phenoxy) is 3. The molecule has 490 valence electrons. The van der Waals surface area contributed by atoms with Gasteiger partial charge in [-0.15, -0.1) is 0 Å². The lowest BCUT2D eigenvalue weighted by Gasteiger charge is -2.18. The predicted octanol–water partition coefficient (Wildman–Crippen LogP) is 26.1. The van der Waals surface area contributed by atoms with Gasteiger partial charge in [-0.05, 0) is 51.4 Å². The highest BCUT2D eigenvalue weighted by molar-refractivity contribution is 5.71. The van der Waals surface area contributed by atoms with Gasteiger partial charge in [0, 0.05) is 19.3 Å². The molecule has 0 aromatic carbocycles. The van der Waals surface area contributed by atoms with Gasteiger partial charge in [-0.25, -0.2) is 0 Å². The van der Waals surface area contributed by atoms with E-state index in [-0.39, 0.29) is 31.1 Å². The Hall–Kier alpha value is -2.11. The Morgan fingerprint density at radius 2 is 0.434 bits per heavy atom. The van der Waals surface area contributed by atoms with Crippen molar-refractivity contribution in [3.8, 4) is 0 Å². The second-order valence-electron chi connectivity index (χ2n) is 25.9. The van der Waals surface area contributed by atoms with Crippen LogP contribution < -0.4 is 0 Å². The summed E-state index contributed by atoms with van der Waals surface area (Å²) < 4.78 is 17.0. The maximum Gasteiger partial charge on any atom is 0.306 e. The highest BCUT2D eigenvalue weighted by Gasteiger charge is 2.20. The molecule has 0 aromatic rings. The van der Waals surface area contributed by atoms with Gasteiger partial charge in [0.2, 0.25) is 0 Å². The Balaban J connectivity index is 4.04. The fourth-order valence-electron chi connectivity index (χ4n) is 11.8.